The Labute approximate surface area is 160 Å². The molecule has 0 spiro atoms. The molecule has 24 heavy (non-hydrogen) atoms. The molecule has 138 valence electrons. The standard InChI is InChI=1S/C17H23ClF2N2.2ClH/c18-13-10-14(19)16(15(20)11-13)17(12-4-2-1-3-5-12)22-8-6-21-7-9-22;;/h10-12,17,21H,1-9H2;2*1H/t17-;;/m1../s1. The number of nitrogens with one attached hydrogen (secondary N) is 1. The van der Waals surface area contributed by atoms with E-state index in [0.29, 0.717) is 5.92 Å². The summed E-state index contributed by atoms with van der Waals surface area (Å²) in [5.74, 6) is -0.671. The van der Waals surface area contributed by atoms with Crippen LogP contribution >= 0.6 is 36.4 Å². The summed E-state index contributed by atoms with van der Waals surface area (Å²) in [6, 6.07) is 2.33. The number of halogens is 5. The van der Waals surface area contributed by atoms with Gasteiger partial charge in [-0.25, -0.2) is 8.78 Å². The fourth-order valence-electron chi connectivity index (χ4n) is 3.96. The van der Waals surface area contributed by atoms with Crippen molar-refractivity contribution in [2.75, 3.05) is 26.2 Å². The maximum atomic E-state index is 14.5. The minimum absolute atomic E-state index is 0. The normalized spacial score (nSPS) is 20.8. The van der Waals surface area contributed by atoms with E-state index in [1.54, 1.807) is 0 Å². The van der Waals surface area contributed by atoms with E-state index in [4.69, 9.17) is 11.6 Å². The Balaban J connectivity index is 0.00000144. The van der Waals surface area contributed by atoms with Crippen LogP contribution in [0.25, 0.3) is 0 Å². The van der Waals surface area contributed by atoms with Crippen LogP contribution in [0.2, 0.25) is 5.02 Å². The van der Waals surface area contributed by atoms with Gasteiger partial charge in [0.2, 0.25) is 0 Å². The summed E-state index contributed by atoms with van der Waals surface area (Å²) < 4.78 is 29.0. The highest BCUT2D eigenvalue weighted by atomic mass is 35.5. The molecule has 2 nitrogen and oxygen atoms in total. The first-order valence-electron chi connectivity index (χ1n) is 8.26. The predicted octanol–water partition coefficient (Wildman–Crippen LogP) is 4.99. The Kier molecular flexibility index (Phi) is 9.24. The third-order valence-electron chi connectivity index (χ3n) is 4.98. The smallest absolute Gasteiger partial charge is 0.132 e. The minimum Gasteiger partial charge on any atom is -0.314 e. The van der Waals surface area contributed by atoms with Crippen LogP contribution < -0.4 is 5.32 Å². The van der Waals surface area contributed by atoms with Crippen LogP contribution in [0, 0.1) is 17.6 Å². The van der Waals surface area contributed by atoms with Crippen molar-refractivity contribution in [1.82, 2.24) is 10.2 Å². The van der Waals surface area contributed by atoms with Crippen LogP contribution in [-0.2, 0) is 0 Å². The summed E-state index contributed by atoms with van der Waals surface area (Å²) in [6.45, 7) is 3.42. The van der Waals surface area contributed by atoms with E-state index in [1.165, 1.54) is 18.6 Å². The highest BCUT2D eigenvalue weighted by Crippen LogP contribution is 2.41. The van der Waals surface area contributed by atoms with Crippen LogP contribution in [0.4, 0.5) is 8.78 Å². The minimum atomic E-state index is -0.501. The number of piperazine rings is 1. The van der Waals surface area contributed by atoms with Gasteiger partial charge in [-0.1, -0.05) is 30.9 Å². The van der Waals surface area contributed by atoms with Gasteiger partial charge in [-0.05, 0) is 30.9 Å². The number of hydrogen-bond acceptors (Lipinski definition) is 2. The van der Waals surface area contributed by atoms with E-state index in [2.05, 4.69) is 10.2 Å². The predicted molar refractivity (Wildman–Crippen MR) is 99.6 cm³/mol. The van der Waals surface area contributed by atoms with E-state index in [-0.39, 0.29) is 41.4 Å². The molecule has 0 radical (unpaired) electrons. The monoisotopic (exact) mass is 400 g/mol. The molecule has 1 atom stereocenters. The third-order valence-corrected chi connectivity index (χ3v) is 5.20. The van der Waals surface area contributed by atoms with Crippen LogP contribution in [0.15, 0.2) is 12.1 Å². The molecule has 7 heteroatoms. The van der Waals surface area contributed by atoms with Crippen LogP contribution in [0.5, 0.6) is 0 Å². The molecule has 1 aromatic carbocycles. The van der Waals surface area contributed by atoms with Crippen molar-refractivity contribution in [1.29, 1.82) is 0 Å². The van der Waals surface area contributed by atoms with Gasteiger partial charge in [-0.3, -0.25) is 4.90 Å². The summed E-state index contributed by atoms with van der Waals surface area (Å²) in [5.41, 5.74) is 0.221. The molecule has 0 bridgehead atoms. The van der Waals surface area contributed by atoms with E-state index in [1.807, 2.05) is 0 Å². The Morgan fingerprint density at radius 3 is 2.08 bits per heavy atom. The number of rotatable bonds is 3. The van der Waals surface area contributed by atoms with Crippen molar-refractivity contribution in [2.24, 2.45) is 5.92 Å². The zero-order valence-corrected chi connectivity index (χ0v) is 16.0. The molecule has 0 unspecified atom stereocenters. The van der Waals surface area contributed by atoms with Crippen molar-refractivity contribution in [2.45, 2.75) is 38.1 Å². The van der Waals surface area contributed by atoms with Gasteiger partial charge in [-0.2, -0.15) is 0 Å². The fourth-order valence-corrected chi connectivity index (χ4v) is 4.15. The molecule has 1 saturated heterocycles. The lowest BCUT2D eigenvalue weighted by Gasteiger charge is -2.41. The lowest BCUT2D eigenvalue weighted by atomic mass is 9.80. The second-order valence-electron chi connectivity index (χ2n) is 6.41. The van der Waals surface area contributed by atoms with Crippen molar-refractivity contribution in [3.63, 3.8) is 0 Å². The van der Waals surface area contributed by atoms with Gasteiger partial charge in [0.15, 0.2) is 0 Å². The van der Waals surface area contributed by atoms with Crippen LogP contribution in [0.3, 0.4) is 0 Å². The van der Waals surface area contributed by atoms with Crippen molar-refractivity contribution < 1.29 is 8.78 Å². The lowest BCUT2D eigenvalue weighted by Crippen LogP contribution is -2.47. The Morgan fingerprint density at radius 2 is 1.54 bits per heavy atom. The molecule has 1 saturated carbocycles. The molecule has 0 aromatic heterocycles. The average Bonchev–Trinajstić information content (AvgIpc) is 2.52. The Morgan fingerprint density at radius 1 is 1.00 bits per heavy atom. The summed E-state index contributed by atoms with van der Waals surface area (Å²) in [5, 5.41) is 3.44. The van der Waals surface area contributed by atoms with Gasteiger partial charge in [0.25, 0.3) is 0 Å². The summed E-state index contributed by atoms with van der Waals surface area (Å²) >= 11 is 5.79. The maximum Gasteiger partial charge on any atom is 0.132 e. The second kappa shape index (κ2) is 10.1. The van der Waals surface area contributed by atoms with E-state index < -0.39 is 11.6 Å². The second-order valence-corrected chi connectivity index (χ2v) is 6.85. The van der Waals surface area contributed by atoms with Gasteiger partial charge < -0.3 is 5.32 Å². The SMILES string of the molecule is Cl.Cl.Fc1cc(Cl)cc(F)c1[C@@H](C1CCCCC1)N1CCNCC1. The van der Waals surface area contributed by atoms with Crippen molar-refractivity contribution in [3.05, 3.63) is 34.4 Å². The summed E-state index contributed by atoms with van der Waals surface area (Å²) in [7, 11) is 0. The molecule has 1 aromatic rings. The summed E-state index contributed by atoms with van der Waals surface area (Å²) in [6.07, 6.45) is 5.65. The topological polar surface area (TPSA) is 15.3 Å². The molecule has 3 rings (SSSR count). The highest BCUT2D eigenvalue weighted by Gasteiger charge is 2.34. The quantitative estimate of drug-likeness (QED) is 0.767. The zero-order chi connectivity index (χ0) is 15.5. The van der Waals surface area contributed by atoms with Crippen molar-refractivity contribution in [3.8, 4) is 0 Å². The van der Waals surface area contributed by atoms with Crippen LogP contribution in [0.1, 0.15) is 43.7 Å². The molecule has 1 N–H and O–H groups in total. The van der Waals surface area contributed by atoms with Gasteiger partial charge >= 0.3 is 0 Å². The number of nitrogens with zero attached hydrogens (tertiary/aromatic N) is 1. The summed E-state index contributed by atoms with van der Waals surface area (Å²) in [4.78, 5) is 2.25. The largest absolute Gasteiger partial charge is 0.314 e. The van der Waals surface area contributed by atoms with E-state index in [0.717, 1.165) is 51.9 Å². The molecule has 1 aliphatic heterocycles. The first-order chi connectivity index (χ1) is 10.7. The van der Waals surface area contributed by atoms with Gasteiger partial charge in [0.1, 0.15) is 11.6 Å². The zero-order valence-electron chi connectivity index (χ0n) is 13.6. The van der Waals surface area contributed by atoms with E-state index >= 15 is 0 Å². The maximum absolute atomic E-state index is 14.5. The number of hydrogen-bond donors (Lipinski definition) is 1. The Hall–Kier alpha value is -0.130. The fraction of sp³-hybridized carbons (Fsp3) is 0.647. The molecule has 2 aliphatic rings. The number of benzene rings is 1. The highest BCUT2D eigenvalue weighted by molar-refractivity contribution is 6.30. The molecular formula is C17H25Cl3F2N2. The van der Waals surface area contributed by atoms with E-state index in [9.17, 15) is 8.78 Å². The van der Waals surface area contributed by atoms with Crippen LogP contribution in [-0.4, -0.2) is 31.1 Å². The average molecular weight is 402 g/mol. The van der Waals surface area contributed by atoms with Gasteiger partial charge in [0, 0.05) is 42.8 Å². The molecule has 1 aliphatic carbocycles. The van der Waals surface area contributed by atoms with Gasteiger partial charge in [-0.15, -0.1) is 24.8 Å². The first-order valence-corrected chi connectivity index (χ1v) is 8.64. The molecule has 1 heterocycles. The third kappa shape index (κ3) is 4.95. The van der Waals surface area contributed by atoms with Gasteiger partial charge in [0.05, 0.1) is 0 Å². The first kappa shape index (κ1) is 21.9. The molecule has 0 amide bonds. The molecular weight excluding hydrogens is 377 g/mol. The lowest BCUT2D eigenvalue weighted by molar-refractivity contribution is 0.0976. The van der Waals surface area contributed by atoms with Crippen molar-refractivity contribution >= 4 is 36.4 Å². The Bertz CT molecular complexity index is 478. The molecule has 2 fully saturated rings.